The highest BCUT2D eigenvalue weighted by Gasteiger charge is 2.25. The summed E-state index contributed by atoms with van der Waals surface area (Å²) in [5.41, 5.74) is 5.34. The van der Waals surface area contributed by atoms with Gasteiger partial charge in [-0.2, -0.15) is 0 Å². The Morgan fingerprint density at radius 3 is 2.20 bits per heavy atom. The van der Waals surface area contributed by atoms with Gasteiger partial charge in [-0.1, -0.05) is 13.8 Å². The quantitative estimate of drug-likeness (QED) is 0.210. The average Bonchev–Trinajstić information content (AvgIpc) is 3.01. The third-order valence-electron chi connectivity index (χ3n) is 7.03. The van der Waals surface area contributed by atoms with Gasteiger partial charge in [0.1, 0.15) is 22.8 Å². The molecule has 3 N–H and O–H groups in total. The zero-order valence-corrected chi connectivity index (χ0v) is 24.7. The Morgan fingerprint density at radius 1 is 0.889 bits per heavy atom. The molecule has 12 heteroatoms. The molecule has 5 aromatic rings. The zero-order chi connectivity index (χ0) is 32.4. The molecule has 0 aliphatic rings. The van der Waals surface area contributed by atoms with Gasteiger partial charge < -0.3 is 25.3 Å². The first-order chi connectivity index (χ1) is 21.5. The Hall–Kier alpha value is -5.78. The van der Waals surface area contributed by atoms with E-state index in [0.717, 1.165) is 22.8 Å². The molecule has 5 rings (SSSR count). The van der Waals surface area contributed by atoms with Gasteiger partial charge in [0, 0.05) is 35.1 Å². The predicted octanol–water partition coefficient (Wildman–Crippen LogP) is 5.95. The van der Waals surface area contributed by atoms with E-state index in [2.05, 4.69) is 10.3 Å². The number of pyridine rings is 2. The molecular weight excluding hydrogens is 586 g/mol. The number of benzene rings is 3. The lowest BCUT2D eigenvalue weighted by molar-refractivity contribution is 0.0985. The molecule has 0 saturated carbocycles. The highest BCUT2D eigenvalue weighted by molar-refractivity contribution is 6.05. The first-order valence-electron chi connectivity index (χ1n) is 13.7. The molecule has 0 atom stereocenters. The number of nitrogens with one attached hydrogen (secondary N) is 1. The number of aromatic nitrogens is 2. The Balaban J connectivity index is 1.48. The van der Waals surface area contributed by atoms with Crippen molar-refractivity contribution in [1.82, 2.24) is 9.55 Å². The van der Waals surface area contributed by atoms with Crippen LogP contribution in [0.25, 0.3) is 16.6 Å². The number of fused-ring (bicyclic) bond motifs is 1. The molecule has 0 aliphatic carbocycles. The summed E-state index contributed by atoms with van der Waals surface area (Å²) < 4.78 is 46.4. The van der Waals surface area contributed by atoms with E-state index in [1.165, 1.54) is 50.7 Å². The molecule has 10 nitrogen and oxygen atoms in total. The van der Waals surface area contributed by atoms with Crippen LogP contribution in [0.3, 0.4) is 0 Å². The van der Waals surface area contributed by atoms with E-state index in [-0.39, 0.29) is 34.3 Å². The lowest BCUT2D eigenvalue weighted by Crippen LogP contribution is -2.35. The molecule has 0 spiro atoms. The second kappa shape index (κ2) is 12.4. The molecule has 45 heavy (non-hydrogen) atoms. The van der Waals surface area contributed by atoms with Crippen LogP contribution in [0.15, 0.2) is 77.7 Å². The van der Waals surface area contributed by atoms with Crippen molar-refractivity contribution in [3.63, 3.8) is 0 Å². The van der Waals surface area contributed by atoms with Gasteiger partial charge in [0.15, 0.2) is 23.1 Å². The van der Waals surface area contributed by atoms with Gasteiger partial charge in [-0.05, 0) is 66.1 Å². The third kappa shape index (κ3) is 6.03. The van der Waals surface area contributed by atoms with Gasteiger partial charge in [-0.3, -0.25) is 23.9 Å². The van der Waals surface area contributed by atoms with E-state index in [1.54, 1.807) is 32.0 Å². The maximum Gasteiger partial charge on any atom is 0.268 e. The lowest BCUT2D eigenvalue weighted by Gasteiger charge is -2.19. The predicted molar refractivity (Wildman–Crippen MR) is 164 cm³/mol. The minimum absolute atomic E-state index is 0.0358. The molecule has 0 saturated heterocycles. The van der Waals surface area contributed by atoms with E-state index < -0.39 is 29.0 Å². The minimum atomic E-state index is -0.899. The van der Waals surface area contributed by atoms with E-state index in [0.29, 0.717) is 33.7 Å². The average molecular weight is 615 g/mol. The van der Waals surface area contributed by atoms with Crippen LogP contribution in [0.1, 0.15) is 46.2 Å². The SMILES string of the molecule is COc1cc2nccc(Oc3ccc(NC(=O)c4cc(C(C)C)c(C(N)=O)n(-c5ccc(F)cc5)c4=O)cc3F)c2cc1OC. The number of hydrogen-bond donors (Lipinski definition) is 2. The van der Waals surface area contributed by atoms with Crippen LogP contribution < -0.4 is 30.8 Å². The van der Waals surface area contributed by atoms with Gasteiger partial charge >= 0.3 is 0 Å². The summed E-state index contributed by atoms with van der Waals surface area (Å²) in [6.45, 7) is 3.52. The summed E-state index contributed by atoms with van der Waals surface area (Å²) in [5, 5.41) is 3.07. The summed E-state index contributed by atoms with van der Waals surface area (Å²) in [4.78, 5) is 43.8. The largest absolute Gasteiger partial charge is 0.493 e. The summed E-state index contributed by atoms with van der Waals surface area (Å²) in [6.07, 6.45) is 1.50. The molecule has 230 valence electrons. The summed E-state index contributed by atoms with van der Waals surface area (Å²) >= 11 is 0. The number of rotatable bonds is 9. The number of hydrogen-bond acceptors (Lipinski definition) is 7. The van der Waals surface area contributed by atoms with Crippen molar-refractivity contribution in [2.45, 2.75) is 19.8 Å². The highest BCUT2D eigenvalue weighted by Crippen LogP contribution is 2.37. The molecule has 0 radical (unpaired) electrons. The van der Waals surface area contributed by atoms with Gasteiger partial charge in [0.25, 0.3) is 17.4 Å². The van der Waals surface area contributed by atoms with Crippen LogP contribution in [0.5, 0.6) is 23.0 Å². The number of amides is 2. The van der Waals surface area contributed by atoms with Crippen LogP contribution in [0.4, 0.5) is 14.5 Å². The van der Waals surface area contributed by atoms with Crippen molar-refractivity contribution in [3.8, 4) is 28.7 Å². The highest BCUT2D eigenvalue weighted by atomic mass is 19.1. The number of nitrogens with zero attached hydrogens (tertiary/aromatic N) is 2. The second-order valence-corrected chi connectivity index (χ2v) is 10.2. The van der Waals surface area contributed by atoms with Gasteiger partial charge in [-0.15, -0.1) is 0 Å². The maximum absolute atomic E-state index is 15.3. The molecule has 0 fully saturated rings. The zero-order valence-electron chi connectivity index (χ0n) is 24.7. The van der Waals surface area contributed by atoms with E-state index >= 15 is 4.39 Å². The number of nitrogens with two attached hydrogens (primary N) is 1. The first-order valence-corrected chi connectivity index (χ1v) is 13.7. The minimum Gasteiger partial charge on any atom is -0.493 e. The van der Waals surface area contributed by atoms with Crippen LogP contribution in [0.2, 0.25) is 0 Å². The Labute approximate surface area is 256 Å². The van der Waals surface area contributed by atoms with Crippen molar-refractivity contribution in [3.05, 3.63) is 112 Å². The van der Waals surface area contributed by atoms with Crippen LogP contribution in [-0.4, -0.2) is 35.6 Å². The van der Waals surface area contributed by atoms with Crippen molar-refractivity contribution < 1.29 is 32.6 Å². The number of primary amides is 1. The Morgan fingerprint density at radius 2 is 1.58 bits per heavy atom. The van der Waals surface area contributed by atoms with E-state index in [4.69, 9.17) is 19.9 Å². The van der Waals surface area contributed by atoms with Crippen molar-refractivity contribution in [2.75, 3.05) is 19.5 Å². The molecule has 0 bridgehead atoms. The summed E-state index contributed by atoms with van der Waals surface area (Å²) in [7, 11) is 2.99. The number of anilines is 1. The van der Waals surface area contributed by atoms with Crippen molar-refractivity contribution >= 4 is 28.4 Å². The molecule has 3 aromatic carbocycles. The molecule has 2 amide bonds. The third-order valence-corrected chi connectivity index (χ3v) is 7.03. The van der Waals surface area contributed by atoms with Gasteiger partial charge in [0.2, 0.25) is 0 Å². The number of halogens is 2. The first kappa shape index (κ1) is 30.7. The number of carbonyl (C=O) groups excluding carboxylic acids is 2. The van der Waals surface area contributed by atoms with Crippen LogP contribution >= 0.6 is 0 Å². The topological polar surface area (TPSA) is 135 Å². The smallest absolute Gasteiger partial charge is 0.268 e. The Kier molecular flexibility index (Phi) is 8.48. The number of methoxy groups -OCH3 is 2. The van der Waals surface area contributed by atoms with Gasteiger partial charge in [-0.25, -0.2) is 8.78 Å². The summed E-state index contributed by atoms with van der Waals surface area (Å²) in [5.74, 6) is -2.38. The molecule has 2 heterocycles. The molecule has 0 aliphatic heterocycles. The monoisotopic (exact) mass is 614 g/mol. The summed E-state index contributed by atoms with van der Waals surface area (Å²) in [6, 6.07) is 14.8. The van der Waals surface area contributed by atoms with E-state index in [1.807, 2.05) is 0 Å². The molecule has 0 unspecified atom stereocenters. The lowest BCUT2D eigenvalue weighted by atomic mass is 9.97. The van der Waals surface area contributed by atoms with Crippen LogP contribution in [-0.2, 0) is 0 Å². The fraction of sp³-hybridized carbons (Fsp3) is 0.152. The maximum atomic E-state index is 15.3. The fourth-order valence-corrected chi connectivity index (χ4v) is 4.84. The normalized spacial score (nSPS) is 11.0. The van der Waals surface area contributed by atoms with Crippen molar-refractivity contribution in [2.24, 2.45) is 5.73 Å². The van der Waals surface area contributed by atoms with E-state index in [9.17, 15) is 18.8 Å². The van der Waals surface area contributed by atoms with Crippen LogP contribution in [0, 0.1) is 11.6 Å². The molecular formula is C33H28F2N4O6. The van der Waals surface area contributed by atoms with Gasteiger partial charge in [0.05, 0.1) is 19.7 Å². The molecule has 2 aromatic heterocycles. The Bertz CT molecular complexity index is 2010. The van der Waals surface area contributed by atoms with Crippen molar-refractivity contribution in [1.29, 1.82) is 0 Å². The standard InChI is InChI=1S/C33H28F2N4O6/c1-17(2)21-14-23(33(42)39(30(21)31(36)40)20-8-5-18(34)6-9-20)32(41)38-19-7-10-27(24(35)13-19)45-26-11-12-37-25-16-29(44-4)28(43-3)15-22(25)26/h5-17H,1-4H3,(H2,36,40)(H,38,41). The fourth-order valence-electron chi connectivity index (χ4n) is 4.84. The number of ether oxygens (including phenoxy) is 3. The number of carbonyl (C=O) groups is 2. The second-order valence-electron chi connectivity index (χ2n) is 10.2.